The largest absolute Gasteiger partial charge is 0.370 e. The maximum absolute atomic E-state index is 11.3. The molecule has 20 heavy (non-hydrogen) atoms. The third kappa shape index (κ3) is 4.88. The molecule has 108 valence electrons. The molecule has 1 rings (SSSR count). The van der Waals surface area contributed by atoms with E-state index in [0.717, 1.165) is 17.1 Å². The average Bonchev–Trinajstić information content (AvgIpc) is 2.71. The highest BCUT2D eigenvalue weighted by atomic mass is 16.7. The zero-order chi connectivity index (χ0) is 15.1. The van der Waals surface area contributed by atoms with E-state index in [2.05, 4.69) is 4.84 Å². The Hall–Kier alpha value is -2.71. The number of nitrogens with one attached hydrogen (secondary N) is 1. The van der Waals surface area contributed by atoms with Gasteiger partial charge in [-0.3, -0.25) is 24.1 Å². The first-order chi connectivity index (χ1) is 9.40. The molecule has 1 aliphatic rings. The van der Waals surface area contributed by atoms with Gasteiger partial charge < -0.3 is 10.6 Å². The van der Waals surface area contributed by atoms with Crippen LogP contribution in [0.25, 0.3) is 0 Å². The minimum absolute atomic E-state index is 0.138. The quantitative estimate of drug-likeness (QED) is 0.433. The molecule has 0 aromatic heterocycles. The van der Waals surface area contributed by atoms with Crippen molar-refractivity contribution in [1.82, 2.24) is 10.4 Å². The molecule has 0 radical (unpaired) electrons. The van der Waals surface area contributed by atoms with Gasteiger partial charge in [-0.25, -0.2) is 4.79 Å². The van der Waals surface area contributed by atoms with Crippen LogP contribution in [0.15, 0.2) is 12.2 Å². The fourth-order valence-electron chi connectivity index (χ4n) is 1.31. The highest BCUT2D eigenvalue weighted by Gasteiger charge is 2.24. The Labute approximate surface area is 113 Å². The molecule has 0 saturated carbocycles. The molecule has 0 aromatic carbocycles. The predicted octanol–water partition coefficient (Wildman–Crippen LogP) is -1.86. The maximum atomic E-state index is 11.3. The first kappa shape index (κ1) is 15.3. The van der Waals surface area contributed by atoms with Crippen molar-refractivity contribution < 1.29 is 28.8 Å². The molecule has 9 nitrogen and oxygen atoms in total. The second kappa shape index (κ2) is 7.02. The number of nitrogens with two attached hydrogens (primary N) is 1. The second-order valence-corrected chi connectivity index (χ2v) is 3.88. The topological polar surface area (TPSA) is 136 Å². The van der Waals surface area contributed by atoms with Crippen LogP contribution < -0.4 is 11.2 Å². The molecule has 1 heterocycles. The summed E-state index contributed by atoms with van der Waals surface area (Å²) in [5.41, 5.74) is 6.67. The third-order valence-electron chi connectivity index (χ3n) is 2.32. The summed E-state index contributed by atoms with van der Waals surface area (Å²) in [6, 6.07) is 0. The third-order valence-corrected chi connectivity index (χ3v) is 2.32. The smallest absolute Gasteiger partial charge is 0.334 e. The lowest BCUT2D eigenvalue weighted by Gasteiger charge is -2.12. The van der Waals surface area contributed by atoms with E-state index < -0.39 is 29.6 Å². The summed E-state index contributed by atoms with van der Waals surface area (Å²) in [6.45, 7) is -0.138. The molecule has 0 aliphatic carbocycles. The van der Waals surface area contributed by atoms with Crippen molar-refractivity contribution >= 4 is 29.6 Å². The van der Waals surface area contributed by atoms with Crippen molar-refractivity contribution in [3.63, 3.8) is 0 Å². The van der Waals surface area contributed by atoms with Gasteiger partial charge in [-0.15, -0.1) is 0 Å². The van der Waals surface area contributed by atoms with Crippen molar-refractivity contribution in [3.05, 3.63) is 12.2 Å². The van der Waals surface area contributed by atoms with Gasteiger partial charge in [-0.2, -0.15) is 5.48 Å². The molecule has 0 aromatic rings. The summed E-state index contributed by atoms with van der Waals surface area (Å²) in [5.74, 6) is -3.15. The van der Waals surface area contributed by atoms with Crippen molar-refractivity contribution in [1.29, 1.82) is 0 Å². The van der Waals surface area contributed by atoms with Gasteiger partial charge in [-0.05, 0) is 0 Å². The lowest BCUT2D eigenvalue weighted by molar-refractivity contribution is -0.159. The predicted molar refractivity (Wildman–Crippen MR) is 63.1 cm³/mol. The monoisotopic (exact) mass is 283 g/mol. The fraction of sp³-hybridized carbons (Fsp3) is 0.364. The molecule has 0 spiro atoms. The molecular weight excluding hydrogens is 270 g/mol. The maximum Gasteiger partial charge on any atom is 0.334 e. The van der Waals surface area contributed by atoms with E-state index in [1.54, 1.807) is 0 Å². The molecular formula is C11H13N3O6. The zero-order valence-electron chi connectivity index (χ0n) is 10.5. The molecule has 0 unspecified atom stereocenters. The highest BCUT2D eigenvalue weighted by molar-refractivity contribution is 6.13. The molecule has 0 fully saturated rings. The summed E-state index contributed by atoms with van der Waals surface area (Å²) < 4.78 is 0. The zero-order valence-corrected chi connectivity index (χ0v) is 10.5. The molecule has 9 heteroatoms. The van der Waals surface area contributed by atoms with Crippen LogP contribution in [0.5, 0.6) is 0 Å². The number of carbonyl (C=O) groups excluding carboxylic acids is 5. The van der Waals surface area contributed by atoms with Gasteiger partial charge in [-0.1, -0.05) is 0 Å². The van der Waals surface area contributed by atoms with Crippen LogP contribution in [0.3, 0.4) is 0 Å². The number of hydrogen-bond donors (Lipinski definition) is 2. The van der Waals surface area contributed by atoms with Gasteiger partial charge in [0, 0.05) is 31.5 Å². The molecule has 4 amide bonds. The van der Waals surface area contributed by atoms with Crippen LogP contribution >= 0.6 is 0 Å². The van der Waals surface area contributed by atoms with Gasteiger partial charge >= 0.3 is 5.97 Å². The van der Waals surface area contributed by atoms with Gasteiger partial charge in [0.2, 0.25) is 5.91 Å². The Morgan fingerprint density at radius 2 is 1.70 bits per heavy atom. The first-order valence-corrected chi connectivity index (χ1v) is 5.70. The van der Waals surface area contributed by atoms with Gasteiger partial charge in [0.25, 0.3) is 17.7 Å². The van der Waals surface area contributed by atoms with Crippen LogP contribution in [-0.2, 0) is 28.8 Å². The minimum Gasteiger partial charge on any atom is -0.370 e. The lowest BCUT2D eigenvalue weighted by atomic mass is 10.3. The van der Waals surface area contributed by atoms with Gasteiger partial charge in [0.1, 0.15) is 0 Å². The number of nitrogens with zero attached hydrogens (tertiary/aromatic N) is 1. The molecule has 3 N–H and O–H groups in total. The van der Waals surface area contributed by atoms with E-state index in [0.29, 0.717) is 0 Å². The molecule has 0 saturated heterocycles. The number of primary amides is 1. The highest BCUT2D eigenvalue weighted by Crippen LogP contribution is 2.04. The lowest BCUT2D eigenvalue weighted by Crippen LogP contribution is -2.34. The standard InChI is InChI=1S/C11H13N3O6/c12-7(15)1-2-8(16)13-20-11(19)5-6-14-9(17)3-4-10(14)18/h3-4H,1-2,5-6H2,(H2,12,15)(H,13,16). The van der Waals surface area contributed by atoms with E-state index in [1.165, 1.54) is 0 Å². The summed E-state index contributed by atoms with van der Waals surface area (Å²) in [4.78, 5) is 60.4. The number of hydrogen-bond acceptors (Lipinski definition) is 6. The van der Waals surface area contributed by atoms with Crippen LogP contribution in [0.1, 0.15) is 19.3 Å². The summed E-state index contributed by atoms with van der Waals surface area (Å²) in [5, 5.41) is 0. The van der Waals surface area contributed by atoms with Crippen LogP contribution in [0, 0.1) is 0 Å². The van der Waals surface area contributed by atoms with Crippen molar-refractivity contribution in [2.45, 2.75) is 19.3 Å². The average molecular weight is 283 g/mol. The van der Waals surface area contributed by atoms with Crippen molar-refractivity contribution in [3.8, 4) is 0 Å². The minimum atomic E-state index is -0.815. The Balaban J connectivity index is 2.21. The van der Waals surface area contributed by atoms with Crippen LogP contribution in [0.2, 0.25) is 0 Å². The van der Waals surface area contributed by atoms with E-state index >= 15 is 0 Å². The number of rotatable bonds is 6. The molecule has 1 aliphatic heterocycles. The second-order valence-electron chi connectivity index (χ2n) is 3.88. The van der Waals surface area contributed by atoms with E-state index in [1.807, 2.05) is 5.48 Å². The molecule has 0 bridgehead atoms. The van der Waals surface area contributed by atoms with Crippen molar-refractivity contribution in [2.75, 3.05) is 6.54 Å². The Kier molecular flexibility index (Phi) is 5.39. The summed E-state index contributed by atoms with van der Waals surface area (Å²) >= 11 is 0. The Bertz CT molecular complexity index is 467. The fourth-order valence-corrected chi connectivity index (χ4v) is 1.31. The number of amides is 4. The number of carbonyl (C=O) groups is 5. The van der Waals surface area contributed by atoms with Gasteiger partial charge in [0.15, 0.2) is 0 Å². The van der Waals surface area contributed by atoms with E-state index in [-0.39, 0.29) is 25.8 Å². The summed E-state index contributed by atoms with van der Waals surface area (Å²) in [7, 11) is 0. The van der Waals surface area contributed by atoms with Crippen molar-refractivity contribution in [2.24, 2.45) is 5.73 Å². The van der Waals surface area contributed by atoms with Crippen LogP contribution in [0.4, 0.5) is 0 Å². The molecule has 0 atom stereocenters. The summed E-state index contributed by atoms with van der Waals surface area (Å²) in [6.07, 6.45) is 1.58. The Morgan fingerprint density at radius 3 is 2.25 bits per heavy atom. The SMILES string of the molecule is NC(=O)CCC(=O)NOC(=O)CCN1C(=O)C=CC1=O. The van der Waals surface area contributed by atoms with E-state index in [4.69, 9.17) is 5.73 Å². The van der Waals surface area contributed by atoms with Gasteiger partial charge in [0.05, 0.1) is 6.42 Å². The Morgan fingerprint density at radius 1 is 1.10 bits per heavy atom. The van der Waals surface area contributed by atoms with E-state index in [9.17, 15) is 24.0 Å². The number of imide groups is 1. The normalized spacial score (nSPS) is 13.5. The first-order valence-electron chi connectivity index (χ1n) is 5.70. The number of hydroxylamine groups is 1. The van der Waals surface area contributed by atoms with Crippen LogP contribution in [-0.4, -0.2) is 41.0 Å².